The van der Waals surface area contributed by atoms with Gasteiger partial charge in [-0.2, -0.15) is 5.10 Å². The lowest BCUT2D eigenvalue weighted by Crippen LogP contribution is -2.18. The van der Waals surface area contributed by atoms with Crippen LogP contribution >= 0.6 is 0 Å². The summed E-state index contributed by atoms with van der Waals surface area (Å²) < 4.78 is 2.03. The minimum Gasteiger partial charge on any atom is -0.330 e. The predicted molar refractivity (Wildman–Crippen MR) is 50.3 cm³/mol. The zero-order valence-corrected chi connectivity index (χ0v) is 8.03. The molecule has 1 unspecified atom stereocenters. The normalized spacial score (nSPS) is 21.5. The third-order valence-corrected chi connectivity index (χ3v) is 2.52. The molecule has 0 radical (unpaired) electrons. The molecule has 4 nitrogen and oxygen atoms in total. The molecule has 0 bridgehead atoms. The third-order valence-electron chi connectivity index (χ3n) is 2.52. The first-order chi connectivity index (χ1) is 6.29. The van der Waals surface area contributed by atoms with E-state index < -0.39 is 0 Å². The van der Waals surface area contributed by atoms with Gasteiger partial charge in [-0.05, 0) is 18.9 Å². The van der Waals surface area contributed by atoms with Gasteiger partial charge in [0.05, 0.1) is 0 Å². The van der Waals surface area contributed by atoms with E-state index in [0.717, 1.165) is 37.0 Å². The van der Waals surface area contributed by atoms with Crippen LogP contribution < -0.4 is 5.73 Å². The molecule has 0 aliphatic carbocycles. The van der Waals surface area contributed by atoms with Crippen molar-refractivity contribution in [1.82, 2.24) is 14.8 Å². The van der Waals surface area contributed by atoms with E-state index in [1.807, 2.05) is 4.68 Å². The first-order valence-corrected chi connectivity index (χ1v) is 4.92. The van der Waals surface area contributed by atoms with E-state index in [1.54, 1.807) is 0 Å². The van der Waals surface area contributed by atoms with Crippen LogP contribution in [0, 0.1) is 5.92 Å². The minimum atomic E-state index is 0.638. The zero-order chi connectivity index (χ0) is 9.26. The number of hydrogen-bond donors (Lipinski definition) is 1. The van der Waals surface area contributed by atoms with Crippen LogP contribution in [-0.4, -0.2) is 21.3 Å². The molecule has 2 N–H and O–H groups in total. The van der Waals surface area contributed by atoms with E-state index in [4.69, 9.17) is 5.73 Å². The Morgan fingerprint density at radius 3 is 3.23 bits per heavy atom. The van der Waals surface area contributed by atoms with Gasteiger partial charge in [0, 0.05) is 19.4 Å². The number of hydrogen-bond acceptors (Lipinski definition) is 3. The molecule has 1 aromatic rings. The van der Waals surface area contributed by atoms with Crippen LogP contribution in [0.25, 0.3) is 0 Å². The molecule has 2 heterocycles. The van der Waals surface area contributed by atoms with Crippen LogP contribution in [0.15, 0.2) is 0 Å². The van der Waals surface area contributed by atoms with Gasteiger partial charge in [0.15, 0.2) is 5.82 Å². The lowest BCUT2D eigenvalue weighted by molar-refractivity contribution is 0.385. The van der Waals surface area contributed by atoms with Crippen molar-refractivity contribution in [1.29, 1.82) is 0 Å². The fourth-order valence-corrected chi connectivity index (χ4v) is 1.75. The van der Waals surface area contributed by atoms with Gasteiger partial charge < -0.3 is 5.73 Å². The lowest BCUT2D eigenvalue weighted by atomic mass is 10.0. The second kappa shape index (κ2) is 3.46. The van der Waals surface area contributed by atoms with Gasteiger partial charge in [-0.1, -0.05) is 6.92 Å². The quantitative estimate of drug-likeness (QED) is 0.715. The summed E-state index contributed by atoms with van der Waals surface area (Å²) in [6.45, 7) is 3.92. The van der Waals surface area contributed by atoms with Crippen molar-refractivity contribution in [3.8, 4) is 0 Å². The number of fused-ring (bicyclic) bond motifs is 1. The SMILES string of the molecule is CC1CCn2nc(CCN)nc2C1. The molecular formula is C9H16N4. The molecule has 0 aromatic carbocycles. The summed E-state index contributed by atoms with van der Waals surface area (Å²) >= 11 is 0. The monoisotopic (exact) mass is 180 g/mol. The number of rotatable bonds is 2. The third kappa shape index (κ3) is 1.72. The van der Waals surface area contributed by atoms with Crippen LogP contribution in [0.2, 0.25) is 0 Å². The molecule has 1 aliphatic heterocycles. The molecule has 72 valence electrons. The Labute approximate surface area is 78.1 Å². The Morgan fingerprint density at radius 2 is 2.46 bits per heavy atom. The number of nitrogens with zero attached hydrogens (tertiary/aromatic N) is 3. The van der Waals surface area contributed by atoms with Crippen molar-refractivity contribution in [3.63, 3.8) is 0 Å². The average molecular weight is 180 g/mol. The first-order valence-electron chi connectivity index (χ1n) is 4.92. The first kappa shape index (κ1) is 8.69. The molecule has 0 fully saturated rings. The van der Waals surface area contributed by atoms with E-state index in [1.165, 1.54) is 6.42 Å². The molecule has 0 saturated carbocycles. The van der Waals surface area contributed by atoms with Crippen molar-refractivity contribution in [2.75, 3.05) is 6.54 Å². The standard InChI is InChI=1S/C9H16N4/c1-7-3-5-13-9(6-7)11-8(12-13)2-4-10/h7H,2-6,10H2,1H3. The molecule has 4 heteroatoms. The van der Waals surface area contributed by atoms with Crippen molar-refractivity contribution >= 4 is 0 Å². The number of nitrogens with two attached hydrogens (primary N) is 1. The Balaban J connectivity index is 2.18. The maximum absolute atomic E-state index is 5.46. The van der Waals surface area contributed by atoms with Gasteiger partial charge in [0.2, 0.25) is 0 Å². The van der Waals surface area contributed by atoms with Gasteiger partial charge in [-0.25, -0.2) is 9.67 Å². The topological polar surface area (TPSA) is 56.7 Å². The molecular weight excluding hydrogens is 164 g/mol. The maximum Gasteiger partial charge on any atom is 0.152 e. The summed E-state index contributed by atoms with van der Waals surface area (Å²) in [5.41, 5.74) is 5.46. The number of aromatic nitrogens is 3. The highest BCUT2D eigenvalue weighted by molar-refractivity contribution is 4.97. The fraction of sp³-hybridized carbons (Fsp3) is 0.778. The molecule has 13 heavy (non-hydrogen) atoms. The highest BCUT2D eigenvalue weighted by Gasteiger charge is 2.18. The zero-order valence-electron chi connectivity index (χ0n) is 8.03. The van der Waals surface area contributed by atoms with Gasteiger partial charge >= 0.3 is 0 Å². The van der Waals surface area contributed by atoms with Crippen LogP contribution in [-0.2, 0) is 19.4 Å². The Morgan fingerprint density at radius 1 is 1.62 bits per heavy atom. The van der Waals surface area contributed by atoms with Crippen molar-refractivity contribution < 1.29 is 0 Å². The van der Waals surface area contributed by atoms with Crippen LogP contribution in [0.4, 0.5) is 0 Å². The Kier molecular flexibility index (Phi) is 2.31. The highest BCUT2D eigenvalue weighted by Crippen LogP contribution is 2.17. The fourth-order valence-electron chi connectivity index (χ4n) is 1.75. The largest absolute Gasteiger partial charge is 0.330 e. The van der Waals surface area contributed by atoms with Gasteiger partial charge in [-0.3, -0.25) is 0 Å². The van der Waals surface area contributed by atoms with Crippen LogP contribution in [0.1, 0.15) is 25.0 Å². The smallest absolute Gasteiger partial charge is 0.152 e. The van der Waals surface area contributed by atoms with E-state index in [-0.39, 0.29) is 0 Å². The van der Waals surface area contributed by atoms with Crippen molar-refractivity contribution in [2.45, 2.75) is 32.7 Å². The lowest BCUT2D eigenvalue weighted by Gasteiger charge is -2.17. The van der Waals surface area contributed by atoms with Crippen molar-refractivity contribution in [3.05, 3.63) is 11.6 Å². The Hall–Kier alpha value is -0.900. The molecule has 0 spiro atoms. The summed E-state index contributed by atoms with van der Waals surface area (Å²) in [5.74, 6) is 2.80. The Bertz CT molecular complexity index is 292. The average Bonchev–Trinajstić information content (AvgIpc) is 2.46. The molecule has 1 atom stereocenters. The second-order valence-corrected chi connectivity index (χ2v) is 3.80. The van der Waals surface area contributed by atoms with E-state index in [9.17, 15) is 0 Å². The van der Waals surface area contributed by atoms with Gasteiger partial charge in [0.25, 0.3) is 0 Å². The van der Waals surface area contributed by atoms with Crippen LogP contribution in [0.3, 0.4) is 0 Å². The van der Waals surface area contributed by atoms with Gasteiger partial charge in [0.1, 0.15) is 5.82 Å². The second-order valence-electron chi connectivity index (χ2n) is 3.80. The van der Waals surface area contributed by atoms with E-state index in [2.05, 4.69) is 17.0 Å². The van der Waals surface area contributed by atoms with Crippen molar-refractivity contribution in [2.24, 2.45) is 11.7 Å². The summed E-state index contributed by atoms with van der Waals surface area (Å²) in [6, 6.07) is 0. The van der Waals surface area contributed by atoms with E-state index >= 15 is 0 Å². The predicted octanol–water partition coefficient (Wildman–Crippen LogP) is 0.362. The highest BCUT2D eigenvalue weighted by atomic mass is 15.3. The molecule has 2 rings (SSSR count). The molecule has 1 aromatic heterocycles. The maximum atomic E-state index is 5.46. The molecule has 0 saturated heterocycles. The van der Waals surface area contributed by atoms with E-state index in [0.29, 0.717) is 6.54 Å². The minimum absolute atomic E-state index is 0.638. The van der Waals surface area contributed by atoms with Crippen LogP contribution in [0.5, 0.6) is 0 Å². The molecule has 0 amide bonds. The summed E-state index contributed by atoms with van der Waals surface area (Å²) in [6.07, 6.45) is 3.09. The van der Waals surface area contributed by atoms with Gasteiger partial charge in [-0.15, -0.1) is 0 Å². The summed E-state index contributed by atoms with van der Waals surface area (Å²) in [4.78, 5) is 4.46. The number of aryl methyl sites for hydroxylation is 1. The summed E-state index contributed by atoms with van der Waals surface area (Å²) in [5, 5.41) is 4.40. The summed E-state index contributed by atoms with van der Waals surface area (Å²) in [7, 11) is 0. The molecule has 1 aliphatic rings.